The highest BCUT2D eigenvalue weighted by Crippen LogP contribution is 2.31. The summed E-state index contributed by atoms with van der Waals surface area (Å²) in [5.41, 5.74) is 5.79. The van der Waals surface area contributed by atoms with Gasteiger partial charge in [0.2, 0.25) is 11.8 Å². The number of halogens is 3. The Bertz CT molecular complexity index is 1540. The summed E-state index contributed by atoms with van der Waals surface area (Å²) in [4.78, 5) is 36.2. The monoisotopic (exact) mass is 619 g/mol. The van der Waals surface area contributed by atoms with Gasteiger partial charge >= 0.3 is 6.18 Å². The van der Waals surface area contributed by atoms with Gasteiger partial charge in [0.05, 0.1) is 5.69 Å². The summed E-state index contributed by atoms with van der Waals surface area (Å²) in [5.74, 6) is -2.03. The molecular formula is C35H40F3N5O2. The van der Waals surface area contributed by atoms with E-state index in [2.05, 4.69) is 32.5 Å². The highest BCUT2D eigenvalue weighted by Gasteiger charge is 2.41. The highest BCUT2D eigenvalue weighted by atomic mass is 19.4. The van der Waals surface area contributed by atoms with E-state index in [9.17, 15) is 22.8 Å². The van der Waals surface area contributed by atoms with E-state index in [1.807, 2.05) is 57.2 Å². The molecule has 2 aromatic carbocycles. The molecule has 45 heavy (non-hydrogen) atoms. The Balaban J connectivity index is 0.000000233. The van der Waals surface area contributed by atoms with Gasteiger partial charge in [-0.15, -0.1) is 0 Å². The van der Waals surface area contributed by atoms with E-state index in [0.29, 0.717) is 23.7 Å². The number of pyridine rings is 1. The lowest BCUT2D eigenvalue weighted by molar-refractivity contribution is -0.175. The number of rotatable bonds is 7. The first-order valence-electron chi connectivity index (χ1n) is 15.1. The second-order valence-corrected chi connectivity index (χ2v) is 10.6. The fraction of sp³-hybridized carbons (Fsp3) is 0.343. The van der Waals surface area contributed by atoms with E-state index in [1.54, 1.807) is 42.9 Å². The van der Waals surface area contributed by atoms with Gasteiger partial charge in [-0.1, -0.05) is 38.5 Å². The quantitative estimate of drug-likeness (QED) is 0.216. The van der Waals surface area contributed by atoms with Crippen LogP contribution in [0.2, 0.25) is 0 Å². The zero-order valence-corrected chi connectivity index (χ0v) is 26.3. The van der Waals surface area contributed by atoms with Crippen LogP contribution in [0, 0.1) is 25.7 Å². The molecule has 0 aliphatic heterocycles. The number of nitrogens with zero attached hydrogens (tertiary/aromatic N) is 3. The molecule has 2 aromatic heterocycles. The average molecular weight is 620 g/mol. The molecule has 5 rings (SSSR count). The number of carbonyl (C=O) groups is 2. The van der Waals surface area contributed by atoms with E-state index in [4.69, 9.17) is 0 Å². The van der Waals surface area contributed by atoms with Crippen molar-refractivity contribution in [1.29, 1.82) is 0 Å². The number of nitrogens with one attached hydrogen (secondary N) is 2. The summed E-state index contributed by atoms with van der Waals surface area (Å²) < 4.78 is 37.6. The molecule has 0 saturated heterocycles. The maximum absolute atomic E-state index is 12.5. The van der Waals surface area contributed by atoms with Crippen LogP contribution in [0.15, 0.2) is 79.3 Å². The third-order valence-electron chi connectivity index (χ3n) is 7.36. The van der Waals surface area contributed by atoms with Crippen LogP contribution in [0.5, 0.6) is 0 Å². The molecule has 4 aromatic rings. The topological polar surface area (TPSA) is 96.9 Å². The number of carbonyl (C=O) groups excluding carboxylic acids is 2. The first-order valence-corrected chi connectivity index (χ1v) is 15.1. The highest BCUT2D eigenvalue weighted by molar-refractivity contribution is 5.93. The molecule has 1 aliphatic rings. The van der Waals surface area contributed by atoms with Gasteiger partial charge in [-0.25, -0.2) is 9.97 Å². The lowest BCUT2D eigenvalue weighted by atomic mass is 9.83. The van der Waals surface area contributed by atoms with Crippen LogP contribution < -0.4 is 10.6 Å². The summed E-state index contributed by atoms with van der Waals surface area (Å²) in [6.07, 6.45) is 4.66. The Labute approximate surface area is 262 Å². The number of benzene rings is 2. The van der Waals surface area contributed by atoms with Crippen molar-refractivity contribution in [3.05, 3.63) is 90.4 Å². The van der Waals surface area contributed by atoms with Crippen LogP contribution in [0.4, 0.5) is 24.5 Å². The van der Waals surface area contributed by atoms with Gasteiger partial charge in [0.25, 0.3) is 0 Å². The Morgan fingerprint density at radius 2 is 1.40 bits per heavy atom. The van der Waals surface area contributed by atoms with Gasteiger partial charge in [-0.3, -0.25) is 14.6 Å². The van der Waals surface area contributed by atoms with Crippen molar-refractivity contribution in [3.63, 3.8) is 0 Å². The lowest BCUT2D eigenvalue weighted by Crippen LogP contribution is -2.32. The van der Waals surface area contributed by atoms with Crippen molar-refractivity contribution in [2.75, 3.05) is 10.6 Å². The minimum atomic E-state index is -4.57. The molecule has 10 heteroatoms. The van der Waals surface area contributed by atoms with Crippen molar-refractivity contribution >= 4 is 23.2 Å². The van der Waals surface area contributed by atoms with E-state index in [-0.39, 0.29) is 11.6 Å². The largest absolute Gasteiger partial charge is 0.400 e. The number of aromatic nitrogens is 3. The molecule has 0 radical (unpaired) electrons. The third kappa shape index (κ3) is 10.2. The molecule has 1 unspecified atom stereocenters. The molecule has 0 bridgehead atoms. The normalized spacial score (nSPS) is 13.2. The van der Waals surface area contributed by atoms with Crippen molar-refractivity contribution < 1.29 is 22.8 Å². The van der Waals surface area contributed by atoms with Crippen LogP contribution in [-0.2, 0) is 9.59 Å². The SMILES string of the molecule is CC.Cc1ccc(NC(=O)C(C)C(F)(F)F)cc1-c1ncccn1.Cc1ccc(NC(=O)CC2CCC2)cc1-c1ccccn1. The molecule has 238 valence electrons. The molecule has 7 nitrogen and oxygen atoms in total. The number of alkyl halides is 3. The second kappa shape index (κ2) is 16.5. The van der Waals surface area contributed by atoms with Crippen LogP contribution in [0.3, 0.4) is 0 Å². The van der Waals surface area contributed by atoms with Gasteiger partial charge in [0, 0.05) is 47.5 Å². The van der Waals surface area contributed by atoms with Gasteiger partial charge < -0.3 is 10.6 Å². The number of hydrogen-bond donors (Lipinski definition) is 2. The van der Waals surface area contributed by atoms with Crippen molar-refractivity contribution in [1.82, 2.24) is 15.0 Å². The Morgan fingerprint density at radius 1 is 0.822 bits per heavy atom. The lowest BCUT2D eigenvalue weighted by Gasteiger charge is -2.24. The summed E-state index contributed by atoms with van der Waals surface area (Å²) >= 11 is 0. The molecule has 2 heterocycles. The Hall–Kier alpha value is -4.60. The predicted molar refractivity (Wildman–Crippen MR) is 172 cm³/mol. The first kappa shape index (κ1) is 34.9. The van der Waals surface area contributed by atoms with Crippen LogP contribution in [-0.4, -0.2) is 32.9 Å². The number of aryl methyl sites for hydroxylation is 2. The summed E-state index contributed by atoms with van der Waals surface area (Å²) in [7, 11) is 0. The minimum absolute atomic E-state index is 0.121. The van der Waals surface area contributed by atoms with Crippen molar-refractivity contribution in [3.8, 4) is 22.6 Å². The fourth-order valence-corrected chi connectivity index (χ4v) is 4.45. The minimum Gasteiger partial charge on any atom is -0.326 e. The molecular weight excluding hydrogens is 579 g/mol. The summed E-state index contributed by atoms with van der Waals surface area (Å²) in [6, 6.07) is 18.3. The Morgan fingerprint density at radius 3 is 1.96 bits per heavy atom. The summed E-state index contributed by atoms with van der Waals surface area (Å²) in [6.45, 7) is 8.71. The van der Waals surface area contributed by atoms with Gasteiger partial charge in [-0.05, 0) is 93.1 Å². The van der Waals surface area contributed by atoms with Crippen molar-refractivity contribution in [2.45, 2.75) is 66.5 Å². The molecule has 1 atom stereocenters. The van der Waals surface area contributed by atoms with Gasteiger partial charge in [0.1, 0.15) is 5.92 Å². The fourth-order valence-electron chi connectivity index (χ4n) is 4.45. The summed E-state index contributed by atoms with van der Waals surface area (Å²) in [5, 5.41) is 5.28. The number of anilines is 2. The number of amides is 2. The zero-order chi connectivity index (χ0) is 33.0. The van der Waals surface area contributed by atoms with E-state index < -0.39 is 18.0 Å². The van der Waals surface area contributed by atoms with Gasteiger partial charge in [-0.2, -0.15) is 13.2 Å². The zero-order valence-electron chi connectivity index (χ0n) is 26.3. The molecule has 1 saturated carbocycles. The van der Waals surface area contributed by atoms with Crippen LogP contribution in [0.1, 0.15) is 57.6 Å². The molecule has 1 fully saturated rings. The maximum atomic E-state index is 12.5. The van der Waals surface area contributed by atoms with E-state index in [1.165, 1.54) is 19.3 Å². The smallest absolute Gasteiger partial charge is 0.326 e. The van der Waals surface area contributed by atoms with E-state index in [0.717, 1.165) is 35.0 Å². The number of hydrogen-bond acceptors (Lipinski definition) is 5. The van der Waals surface area contributed by atoms with Crippen LogP contribution in [0.25, 0.3) is 22.6 Å². The second-order valence-electron chi connectivity index (χ2n) is 10.6. The predicted octanol–water partition coefficient (Wildman–Crippen LogP) is 8.80. The maximum Gasteiger partial charge on any atom is 0.400 e. The van der Waals surface area contributed by atoms with Gasteiger partial charge in [0.15, 0.2) is 5.82 Å². The Kier molecular flexibility index (Phi) is 12.8. The standard InChI is InChI=1S/C18H20N2O.C15H14F3N3O.C2H6/c1-13-8-9-15(20-18(21)11-14-5-4-6-14)12-16(13)17-7-2-3-10-19-17;1-9-4-5-11(21-14(22)10(2)15(16,17)18)8-12(9)13-19-6-3-7-20-13;1-2/h2-3,7-10,12,14H,4-6,11H2,1H3,(H,20,21);3-8,10H,1-2H3,(H,21,22);1-2H3. The van der Waals surface area contributed by atoms with Crippen molar-refractivity contribution in [2.24, 2.45) is 11.8 Å². The molecule has 0 spiro atoms. The molecule has 2 N–H and O–H groups in total. The average Bonchev–Trinajstić information content (AvgIpc) is 3.02. The molecule has 2 amide bonds. The third-order valence-corrected chi connectivity index (χ3v) is 7.36. The van der Waals surface area contributed by atoms with Crippen LogP contribution >= 0.6 is 0 Å². The molecule has 1 aliphatic carbocycles. The first-order chi connectivity index (χ1) is 21.5. The van der Waals surface area contributed by atoms with E-state index >= 15 is 0 Å².